The molecule has 1 aliphatic carbocycles. The molecule has 1 fully saturated rings. The summed E-state index contributed by atoms with van der Waals surface area (Å²) in [5.41, 5.74) is 1.33. The first-order valence-electron chi connectivity index (χ1n) is 5.99. The molecular weight excluding hydrogens is 186 g/mol. The van der Waals surface area contributed by atoms with Crippen LogP contribution in [0.25, 0.3) is 0 Å². The van der Waals surface area contributed by atoms with Crippen molar-refractivity contribution in [1.29, 1.82) is 0 Å². The molecule has 84 valence electrons. The van der Waals surface area contributed by atoms with Crippen molar-refractivity contribution in [3.8, 4) is 0 Å². The molecule has 15 heavy (non-hydrogen) atoms. The minimum atomic E-state index is 0.713. The highest BCUT2D eigenvalue weighted by molar-refractivity contribution is 5.01. The van der Waals surface area contributed by atoms with Gasteiger partial charge in [-0.1, -0.05) is 13.8 Å². The van der Waals surface area contributed by atoms with Crippen molar-refractivity contribution in [3.63, 3.8) is 0 Å². The van der Waals surface area contributed by atoms with Crippen LogP contribution in [0, 0.1) is 5.92 Å². The lowest BCUT2D eigenvalue weighted by Crippen LogP contribution is -2.24. The number of rotatable bonds is 5. The molecule has 0 radical (unpaired) electrons. The van der Waals surface area contributed by atoms with Crippen molar-refractivity contribution in [1.82, 2.24) is 14.9 Å². The molecule has 0 saturated heterocycles. The van der Waals surface area contributed by atoms with Crippen LogP contribution in [-0.2, 0) is 6.54 Å². The first-order chi connectivity index (χ1) is 7.27. The molecule has 2 rings (SSSR count). The van der Waals surface area contributed by atoms with Crippen molar-refractivity contribution in [2.24, 2.45) is 5.92 Å². The fourth-order valence-corrected chi connectivity index (χ4v) is 1.95. The van der Waals surface area contributed by atoms with Crippen LogP contribution >= 0.6 is 0 Å². The Hall–Kier alpha value is -0.830. The van der Waals surface area contributed by atoms with Crippen LogP contribution in [0.3, 0.4) is 0 Å². The molecule has 1 aromatic rings. The lowest BCUT2D eigenvalue weighted by molar-refractivity contribution is 0.305. The van der Waals surface area contributed by atoms with Gasteiger partial charge in [0.1, 0.15) is 0 Å². The van der Waals surface area contributed by atoms with Gasteiger partial charge in [0.05, 0.1) is 12.0 Å². The molecule has 0 amide bonds. The summed E-state index contributed by atoms with van der Waals surface area (Å²) in [5.74, 6) is 0.713. The van der Waals surface area contributed by atoms with Crippen molar-refractivity contribution < 1.29 is 0 Å². The Morgan fingerprint density at radius 2 is 2.33 bits per heavy atom. The van der Waals surface area contributed by atoms with Crippen LogP contribution in [0.15, 0.2) is 12.5 Å². The molecular formula is C12H21N3. The molecule has 0 aromatic carbocycles. The maximum atomic E-state index is 4.25. The quantitative estimate of drug-likeness (QED) is 0.803. The van der Waals surface area contributed by atoms with Crippen LogP contribution in [0.2, 0.25) is 0 Å². The number of nitrogens with zero attached hydrogens (tertiary/aromatic N) is 2. The number of imidazole rings is 1. The van der Waals surface area contributed by atoms with E-state index in [1.54, 1.807) is 0 Å². The van der Waals surface area contributed by atoms with Gasteiger partial charge < -0.3 is 9.88 Å². The third-order valence-electron chi connectivity index (χ3n) is 3.07. The second-order valence-corrected chi connectivity index (χ2v) is 4.90. The average molecular weight is 207 g/mol. The van der Waals surface area contributed by atoms with Gasteiger partial charge in [-0.05, 0) is 31.7 Å². The summed E-state index contributed by atoms with van der Waals surface area (Å²) in [7, 11) is 0. The minimum Gasteiger partial charge on any atom is -0.330 e. The van der Waals surface area contributed by atoms with E-state index in [1.807, 2.05) is 12.5 Å². The van der Waals surface area contributed by atoms with Crippen molar-refractivity contribution in [3.05, 3.63) is 18.2 Å². The lowest BCUT2D eigenvalue weighted by atomic mass is 9.93. The van der Waals surface area contributed by atoms with E-state index in [9.17, 15) is 0 Å². The molecule has 1 N–H and O–H groups in total. The Labute approximate surface area is 91.9 Å². The van der Waals surface area contributed by atoms with Crippen LogP contribution in [0.5, 0.6) is 0 Å². The predicted molar refractivity (Wildman–Crippen MR) is 61.7 cm³/mol. The highest BCUT2D eigenvalue weighted by atomic mass is 15.1. The van der Waals surface area contributed by atoms with E-state index in [0.717, 1.165) is 19.1 Å². The summed E-state index contributed by atoms with van der Waals surface area (Å²) in [6.45, 7) is 6.50. The largest absolute Gasteiger partial charge is 0.330 e. The molecule has 1 aromatic heterocycles. The van der Waals surface area contributed by atoms with Gasteiger partial charge in [-0.25, -0.2) is 4.98 Å². The zero-order valence-corrected chi connectivity index (χ0v) is 9.74. The third-order valence-corrected chi connectivity index (χ3v) is 3.07. The molecule has 1 heterocycles. The van der Waals surface area contributed by atoms with E-state index in [1.165, 1.54) is 25.0 Å². The van der Waals surface area contributed by atoms with Crippen molar-refractivity contribution >= 4 is 0 Å². The van der Waals surface area contributed by atoms with Crippen molar-refractivity contribution in [2.75, 3.05) is 6.54 Å². The Bertz CT molecular complexity index is 300. The highest BCUT2D eigenvalue weighted by Gasteiger charge is 2.20. The van der Waals surface area contributed by atoms with E-state index in [-0.39, 0.29) is 0 Å². The summed E-state index contributed by atoms with van der Waals surface area (Å²) < 4.78 is 2.34. The molecule has 0 unspecified atom stereocenters. The third kappa shape index (κ3) is 2.59. The summed E-state index contributed by atoms with van der Waals surface area (Å²) in [6.07, 6.45) is 8.00. The number of aromatic nitrogens is 2. The van der Waals surface area contributed by atoms with Crippen LogP contribution in [0.4, 0.5) is 0 Å². The Balaban J connectivity index is 1.87. The van der Waals surface area contributed by atoms with Gasteiger partial charge in [-0.15, -0.1) is 0 Å². The van der Waals surface area contributed by atoms with E-state index in [0.29, 0.717) is 5.92 Å². The second-order valence-electron chi connectivity index (χ2n) is 4.90. The van der Waals surface area contributed by atoms with Gasteiger partial charge in [0.15, 0.2) is 0 Å². The van der Waals surface area contributed by atoms with Crippen molar-refractivity contribution in [2.45, 2.75) is 45.7 Å². The van der Waals surface area contributed by atoms with Gasteiger partial charge >= 0.3 is 0 Å². The number of hydrogen-bond acceptors (Lipinski definition) is 2. The number of nitrogens with one attached hydrogen (secondary N) is 1. The van der Waals surface area contributed by atoms with E-state index >= 15 is 0 Å². The van der Waals surface area contributed by atoms with Gasteiger partial charge in [-0.2, -0.15) is 0 Å². The first-order valence-corrected chi connectivity index (χ1v) is 5.99. The predicted octanol–water partition coefficient (Wildman–Crippen LogP) is 2.35. The molecule has 1 saturated carbocycles. The van der Waals surface area contributed by atoms with Gasteiger partial charge in [0.25, 0.3) is 0 Å². The van der Waals surface area contributed by atoms with E-state index in [4.69, 9.17) is 0 Å². The van der Waals surface area contributed by atoms with E-state index in [2.05, 4.69) is 28.7 Å². The monoisotopic (exact) mass is 207 g/mol. The molecule has 3 nitrogen and oxygen atoms in total. The molecule has 0 aliphatic heterocycles. The standard InChI is InChI=1S/C12H21N3/c1-10(2)6-13-7-12-8-14-9-15(12)11-4-3-5-11/h8-11,13H,3-7H2,1-2H3. The molecule has 0 spiro atoms. The van der Waals surface area contributed by atoms with Gasteiger partial charge in [-0.3, -0.25) is 0 Å². The Kier molecular flexibility index (Phi) is 3.41. The lowest BCUT2D eigenvalue weighted by Gasteiger charge is -2.28. The molecule has 0 atom stereocenters. The maximum absolute atomic E-state index is 4.25. The zero-order valence-electron chi connectivity index (χ0n) is 9.74. The fourth-order valence-electron chi connectivity index (χ4n) is 1.95. The Morgan fingerprint density at radius 3 is 2.93 bits per heavy atom. The summed E-state index contributed by atoms with van der Waals surface area (Å²) in [6, 6.07) is 0.725. The maximum Gasteiger partial charge on any atom is 0.0951 e. The first kappa shape index (κ1) is 10.7. The zero-order chi connectivity index (χ0) is 10.7. The van der Waals surface area contributed by atoms with Crippen LogP contribution in [0.1, 0.15) is 44.8 Å². The molecule has 3 heteroatoms. The SMILES string of the molecule is CC(C)CNCc1cncn1C1CCC1. The highest BCUT2D eigenvalue weighted by Crippen LogP contribution is 2.32. The van der Waals surface area contributed by atoms with E-state index < -0.39 is 0 Å². The summed E-state index contributed by atoms with van der Waals surface area (Å²) in [4.78, 5) is 4.25. The topological polar surface area (TPSA) is 29.9 Å². The van der Waals surface area contributed by atoms with Gasteiger partial charge in [0.2, 0.25) is 0 Å². The average Bonchev–Trinajstić information content (AvgIpc) is 2.50. The fraction of sp³-hybridized carbons (Fsp3) is 0.750. The normalized spacial score (nSPS) is 17.0. The molecule has 0 bridgehead atoms. The smallest absolute Gasteiger partial charge is 0.0951 e. The Morgan fingerprint density at radius 1 is 1.53 bits per heavy atom. The molecule has 1 aliphatic rings. The van der Waals surface area contributed by atoms with Gasteiger partial charge in [0, 0.05) is 18.8 Å². The second kappa shape index (κ2) is 4.79. The summed E-state index contributed by atoms with van der Waals surface area (Å²) in [5, 5.41) is 3.47. The minimum absolute atomic E-state index is 0.713. The summed E-state index contributed by atoms with van der Waals surface area (Å²) >= 11 is 0. The number of hydrogen-bond donors (Lipinski definition) is 1. The van der Waals surface area contributed by atoms with Crippen LogP contribution in [-0.4, -0.2) is 16.1 Å². The van der Waals surface area contributed by atoms with Crippen LogP contribution < -0.4 is 5.32 Å².